The van der Waals surface area contributed by atoms with E-state index in [0.717, 1.165) is 6.07 Å². The van der Waals surface area contributed by atoms with Crippen molar-refractivity contribution in [1.29, 1.82) is 0 Å². The van der Waals surface area contributed by atoms with Gasteiger partial charge in [0.25, 0.3) is 6.43 Å². The molecule has 0 aliphatic rings. The average Bonchev–Trinajstić information content (AvgIpc) is 2.01. The van der Waals surface area contributed by atoms with Gasteiger partial charge in [0.1, 0.15) is 5.56 Å². The molecule has 0 saturated heterocycles. The van der Waals surface area contributed by atoms with E-state index in [9.17, 15) is 23.7 Å². The van der Waals surface area contributed by atoms with Crippen LogP contribution in [0.2, 0.25) is 0 Å². The molecule has 0 spiro atoms. The Morgan fingerprint density at radius 1 is 1.57 bits per heavy atom. The van der Waals surface area contributed by atoms with Gasteiger partial charge in [-0.2, -0.15) is 0 Å². The van der Waals surface area contributed by atoms with E-state index in [4.69, 9.17) is 0 Å². The number of alkyl halides is 2. The van der Waals surface area contributed by atoms with E-state index in [1.54, 1.807) is 0 Å². The predicted molar refractivity (Wildman–Crippen MR) is 43.4 cm³/mol. The van der Waals surface area contributed by atoms with Crippen LogP contribution in [0.3, 0.4) is 0 Å². The minimum absolute atomic E-state index is 0.163. The summed E-state index contributed by atoms with van der Waals surface area (Å²) in [7, 11) is 0. The van der Waals surface area contributed by atoms with Gasteiger partial charge in [-0.1, -0.05) is 0 Å². The zero-order valence-corrected chi connectivity index (χ0v) is 7.08. The third-order valence-electron chi connectivity index (χ3n) is 1.59. The molecule has 5 nitrogen and oxygen atoms in total. The first-order valence-corrected chi connectivity index (χ1v) is 3.60. The number of aryl methyl sites for hydroxylation is 1. The molecule has 7 heteroatoms. The number of nitrogens with zero attached hydrogens (tertiary/aromatic N) is 1. The third-order valence-corrected chi connectivity index (χ3v) is 1.59. The van der Waals surface area contributed by atoms with Crippen LogP contribution >= 0.6 is 0 Å². The highest BCUT2D eigenvalue weighted by Gasteiger charge is 2.25. The van der Waals surface area contributed by atoms with Gasteiger partial charge in [0.15, 0.2) is 0 Å². The van der Waals surface area contributed by atoms with Crippen molar-refractivity contribution >= 4 is 5.69 Å². The van der Waals surface area contributed by atoms with Crippen LogP contribution in [0.15, 0.2) is 10.9 Å². The van der Waals surface area contributed by atoms with Crippen LogP contribution in [-0.2, 0) is 0 Å². The van der Waals surface area contributed by atoms with Crippen molar-refractivity contribution in [2.45, 2.75) is 13.3 Å². The van der Waals surface area contributed by atoms with Crippen LogP contribution in [0.4, 0.5) is 14.5 Å². The number of hydrogen-bond acceptors (Lipinski definition) is 3. The van der Waals surface area contributed by atoms with Crippen molar-refractivity contribution in [3.05, 3.63) is 37.8 Å². The fraction of sp³-hybridized carbons (Fsp3) is 0.286. The second-order valence-corrected chi connectivity index (χ2v) is 2.64. The van der Waals surface area contributed by atoms with Crippen molar-refractivity contribution < 1.29 is 13.7 Å². The summed E-state index contributed by atoms with van der Waals surface area (Å²) in [4.78, 5) is 22.3. The van der Waals surface area contributed by atoms with E-state index < -0.39 is 28.2 Å². The van der Waals surface area contributed by atoms with Gasteiger partial charge in [-0.05, 0) is 13.0 Å². The minimum atomic E-state index is -3.03. The fourth-order valence-corrected chi connectivity index (χ4v) is 1.06. The summed E-state index contributed by atoms with van der Waals surface area (Å²) in [5.41, 5.74) is -2.89. The number of pyridine rings is 1. The zero-order valence-electron chi connectivity index (χ0n) is 7.08. The standard InChI is InChI=1S/C7H6F2N2O3/c1-3-2-4(6(8)9)5(11(13)14)7(12)10-3/h2,6H,1H3,(H,10,12). The summed E-state index contributed by atoms with van der Waals surface area (Å²) in [5, 5.41) is 10.3. The number of aromatic nitrogens is 1. The Bertz CT molecular complexity index is 427. The first kappa shape index (κ1) is 10.3. The molecule has 1 N–H and O–H groups in total. The number of H-pyrrole nitrogens is 1. The minimum Gasteiger partial charge on any atom is -0.321 e. The van der Waals surface area contributed by atoms with Gasteiger partial charge in [0.2, 0.25) is 0 Å². The lowest BCUT2D eigenvalue weighted by Crippen LogP contribution is -2.15. The van der Waals surface area contributed by atoms with Gasteiger partial charge in [0, 0.05) is 5.69 Å². The Labute approximate surface area is 76.5 Å². The first-order chi connectivity index (χ1) is 6.43. The van der Waals surface area contributed by atoms with Gasteiger partial charge in [-0.3, -0.25) is 14.9 Å². The van der Waals surface area contributed by atoms with Gasteiger partial charge >= 0.3 is 11.2 Å². The van der Waals surface area contributed by atoms with E-state index >= 15 is 0 Å². The van der Waals surface area contributed by atoms with Crippen LogP contribution in [0.5, 0.6) is 0 Å². The summed E-state index contributed by atoms with van der Waals surface area (Å²) >= 11 is 0. The molecule has 0 aliphatic carbocycles. The van der Waals surface area contributed by atoms with E-state index in [2.05, 4.69) is 4.98 Å². The summed E-state index contributed by atoms with van der Waals surface area (Å²) in [6.07, 6.45) is -3.03. The molecular weight excluding hydrogens is 198 g/mol. The molecule has 0 fully saturated rings. The quantitative estimate of drug-likeness (QED) is 0.586. The monoisotopic (exact) mass is 204 g/mol. The number of hydrogen-bond donors (Lipinski definition) is 1. The Hall–Kier alpha value is -1.79. The molecule has 0 saturated carbocycles. The topological polar surface area (TPSA) is 76.0 Å². The summed E-state index contributed by atoms with van der Waals surface area (Å²) in [6, 6.07) is 0.893. The lowest BCUT2D eigenvalue weighted by Gasteiger charge is -2.01. The van der Waals surface area contributed by atoms with Crippen LogP contribution in [0.25, 0.3) is 0 Å². The highest BCUT2D eigenvalue weighted by atomic mass is 19.3. The lowest BCUT2D eigenvalue weighted by molar-refractivity contribution is -0.387. The Kier molecular flexibility index (Phi) is 2.59. The maximum absolute atomic E-state index is 12.3. The normalized spacial score (nSPS) is 10.6. The van der Waals surface area contributed by atoms with Crippen LogP contribution < -0.4 is 5.56 Å². The second kappa shape index (κ2) is 3.52. The molecule has 0 amide bonds. The Morgan fingerprint density at radius 3 is 2.57 bits per heavy atom. The van der Waals surface area contributed by atoms with Crippen molar-refractivity contribution in [3.8, 4) is 0 Å². The number of nitro groups is 1. The smallest absolute Gasteiger partial charge is 0.321 e. The average molecular weight is 204 g/mol. The number of nitrogens with one attached hydrogen (secondary N) is 1. The second-order valence-electron chi connectivity index (χ2n) is 2.64. The number of halogens is 2. The van der Waals surface area contributed by atoms with Crippen molar-refractivity contribution in [3.63, 3.8) is 0 Å². The Balaban J connectivity index is 3.53. The summed E-state index contributed by atoms with van der Waals surface area (Å²) < 4.78 is 24.6. The van der Waals surface area contributed by atoms with Gasteiger partial charge < -0.3 is 4.98 Å². The highest BCUT2D eigenvalue weighted by molar-refractivity contribution is 5.39. The lowest BCUT2D eigenvalue weighted by atomic mass is 10.2. The molecule has 1 aromatic heterocycles. The van der Waals surface area contributed by atoms with Crippen LogP contribution in [0, 0.1) is 17.0 Å². The summed E-state index contributed by atoms with van der Waals surface area (Å²) in [5.74, 6) is 0. The number of aromatic amines is 1. The maximum Gasteiger partial charge on any atom is 0.342 e. The molecule has 76 valence electrons. The van der Waals surface area contributed by atoms with Crippen LogP contribution in [0.1, 0.15) is 17.7 Å². The Morgan fingerprint density at radius 2 is 2.14 bits per heavy atom. The molecule has 1 aromatic rings. The zero-order chi connectivity index (χ0) is 10.9. The first-order valence-electron chi connectivity index (χ1n) is 3.60. The summed E-state index contributed by atoms with van der Waals surface area (Å²) in [6.45, 7) is 1.37. The van der Waals surface area contributed by atoms with Crippen molar-refractivity contribution in [2.75, 3.05) is 0 Å². The number of rotatable bonds is 2. The molecule has 1 heterocycles. The van der Waals surface area contributed by atoms with E-state index in [1.807, 2.05) is 0 Å². The molecule has 0 radical (unpaired) electrons. The third kappa shape index (κ3) is 1.76. The maximum atomic E-state index is 12.3. The van der Waals surface area contributed by atoms with E-state index in [-0.39, 0.29) is 5.69 Å². The molecule has 14 heavy (non-hydrogen) atoms. The van der Waals surface area contributed by atoms with Gasteiger partial charge in [0.05, 0.1) is 4.92 Å². The van der Waals surface area contributed by atoms with E-state index in [1.165, 1.54) is 6.92 Å². The van der Waals surface area contributed by atoms with Gasteiger partial charge in [-0.15, -0.1) is 0 Å². The molecule has 0 aromatic carbocycles. The molecule has 0 aliphatic heterocycles. The molecule has 0 bridgehead atoms. The van der Waals surface area contributed by atoms with Crippen molar-refractivity contribution in [2.24, 2.45) is 0 Å². The van der Waals surface area contributed by atoms with Gasteiger partial charge in [-0.25, -0.2) is 8.78 Å². The van der Waals surface area contributed by atoms with Crippen molar-refractivity contribution in [1.82, 2.24) is 4.98 Å². The molecule has 0 unspecified atom stereocenters. The van der Waals surface area contributed by atoms with Crippen LogP contribution in [-0.4, -0.2) is 9.91 Å². The molecular formula is C7H6F2N2O3. The highest BCUT2D eigenvalue weighted by Crippen LogP contribution is 2.25. The fourth-order valence-electron chi connectivity index (χ4n) is 1.06. The SMILES string of the molecule is Cc1cc(C(F)F)c([N+](=O)[O-])c(=O)[nH]1. The largest absolute Gasteiger partial charge is 0.342 e. The molecule has 1 rings (SSSR count). The van der Waals surface area contributed by atoms with E-state index in [0.29, 0.717) is 0 Å². The predicted octanol–water partition coefficient (Wildman–Crippen LogP) is 1.53. The molecule has 0 atom stereocenters.